The van der Waals surface area contributed by atoms with Gasteiger partial charge in [-0.15, -0.1) is 0 Å². The maximum atomic E-state index is 9.70. The molecule has 0 aliphatic heterocycles. The number of hydrogen-bond acceptors (Lipinski definition) is 2. The summed E-state index contributed by atoms with van der Waals surface area (Å²) in [5.74, 6) is 0.621. The minimum absolute atomic E-state index is 0.587. The molecule has 0 heterocycles. The molecule has 0 amide bonds. The lowest BCUT2D eigenvalue weighted by molar-refractivity contribution is 0.190. The van der Waals surface area contributed by atoms with E-state index in [1.165, 1.54) is 38.6 Å². The van der Waals surface area contributed by atoms with Crippen molar-refractivity contribution < 1.29 is 9.53 Å². The van der Waals surface area contributed by atoms with Crippen molar-refractivity contribution in [2.75, 3.05) is 6.61 Å². The van der Waals surface area contributed by atoms with Crippen LogP contribution in [0.15, 0.2) is 0 Å². The third-order valence-corrected chi connectivity index (χ3v) is 2.10. The monoisotopic (exact) mass is 141 g/mol. The van der Waals surface area contributed by atoms with Crippen LogP contribution in [0.2, 0.25) is 0 Å². The molecule has 2 nitrogen and oxygen atoms in total. The van der Waals surface area contributed by atoms with Crippen molar-refractivity contribution in [2.45, 2.75) is 32.1 Å². The summed E-state index contributed by atoms with van der Waals surface area (Å²) in [5.41, 5.74) is 0. The maximum absolute atomic E-state index is 9.70. The number of rotatable bonds is 3. The Bertz CT molecular complexity index is 95.4. The van der Waals surface area contributed by atoms with Crippen LogP contribution >= 0.6 is 0 Å². The zero-order valence-electron chi connectivity index (χ0n) is 6.14. The predicted octanol–water partition coefficient (Wildman–Crippen LogP) is 1.65. The summed E-state index contributed by atoms with van der Waals surface area (Å²) in [6.45, 7) is 2.05. The smallest absolute Gasteiger partial charge is 0.417 e. The van der Waals surface area contributed by atoms with Crippen molar-refractivity contribution in [2.24, 2.45) is 5.92 Å². The Morgan fingerprint density at radius 1 is 1.30 bits per heavy atom. The molecule has 10 heavy (non-hydrogen) atoms. The Morgan fingerprint density at radius 3 is 2.60 bits per heavy atom. The van der Waals surface area contributed by atoms with Crippen LogP contribution in [0.25, 0.3) is 0 Å². The number of hydrogen-bond donors (Lipinski definition) is 0. The molecule has 2 heteroatoms. The van der Waals surface area contributed by atoms with Gasteiger partial charge in [-0.3, -0.25) is 0 Å². The molecule has 1 rings (SSSR count). The topological polar surface area (TPSA) is 26.3 Å². The highest BCUT2D eigenvalue weighted by Gasteiger charge is 2.13. The fraction of sp³-hybridized carbons (Fsp3) is 0.875. The Hall–Kier alpha value is -0.530. The minimum atomic E-state index is 0.587. The highest BCUT2D eigenvalue weighted by Crippen LogP contribution is 2.23. The lowest BCUT2D eigenvalue weighted by Crippen LogP contribution is -2.12. The van der Waals surface area contributed by atoms with Crippen LogP contribution in [-0.4, -0.2) is 13.1 Å². The molecule has 57 valence electrons. The molecule has 1 radical (unpaired) electrons. The van der Waals surface area contributed by atoms with Crippen LogP contribution in [0.1, 0.15) is 32.1 Å². The fourth-order valence-corrected chi connectivity index (χ4v) is 1.51. The van der Waals surface area contributed by atoms with E-state index in [-0.39, 0.29) is 0 Å². The summed E-state index contributed by atoms with van der Waals surface area (Å²) in [7, 11) is 0. The van der Waals surface area contributed by atoms with Crippen LogP contribution in [0.4, 0.5) is 0 Å². The normalized spacial score (nSPS) is 20.4. The van der Waals surface area contributed by atoms with Gasteiger partial charge in [0.05, 0.1) is 6.61 Å². The van der Waals surface area contributed by atoms with Crippen molar-refractivity contribution >= 4 is 6.47 Å². The van der Waals surface area contributed by atoms with Gasteiger partial charge in [-0.25, -0.2) is 4.79 Å². The van der Waals surface area contributed by atoms with Crippen LogP contribution in [0.3, 0.4) is 0 Å². The van der Waals surface area contributed by atoms with Gasteiger partial charge in [-0.2, -0.15) is 0 Å². The summed E-state index contributed by atoms with van der Waals surface area (Å²) < 4.78 is 4.57. The van der Waals surface area contributed by atoms with Gasteiger partial charge in [0, 0.05) is 0 Å². The lowest BCUT2D eigenvalue weighted by atomic mass is 9.90. The molecule has 1 fully saturated rings. The Kier molecular flexibility index (Phi) is 3.27. The fourth-order valence-electron chi connectivity index (χ4n) is 1.51. The zero-order valence-corrected chi connectivity index (χ0v) is 6.14. The molecule has 0 aromatic heterocycles. The Morgan fingerprint density at radius 2 is 2.00 bits per heavy atom. The summed E-state index contributed by atoms with van der Waals surface area (Å²) >= 11 is 0. The van der Waals surface area contributed by atoms with Gasteiger partial charge in [0.2, 0.25) is 0 Å². The molecule has 0 spiro atoms. The van der Waals surface area contributed by atoms with E-state index in [1.807, 2.05) is 0 Å². The van der Waals surface area contributed by atoms with Crippen molar-refractivity contribution in [1.29, 1.82) is 0 Å². The van der Waals surface area contributed by atoms with Gasteiger partial charge in [-0.1, -0.05) is 19.3 Å². The third kappa shape index (κ3) is 2.38. The first-order valence-electron chi connectivity index (χ1n) is 3.92. The third-order valence-electron chi connectivity index (χ3n) is 2.10. The van der Waals surface area contributed by atoms with E-state index in [4.69, 9.17) is 0 Å². The van der Waals surface area contributed by atoms with Gasteiger partial charge in [0.15, 0.2) is 0 Å². The van der Waals surface area contributed by atoms with E-state index >= 15 is 0 Å². The van der Waals surface area contributed by atoms with Crippen LogP contribution in [0, 0.1) is 5.92 Å². The van der Waals surface area contributed by atoms with Gasteiger partial charge >= 0.3 is 6.47 Å². The SMILES string of the molecule is O=[C]OCC1CCCCC1. The summed E-state index contributed by atoms with van der Waals surface area (Å²) in [6, 6.07) is 0. The summed E-state index contributed by atoms with van der Waals surface area (Å²) in [4.78, 5) is 9.70. The molecule has 0 unspecified atom stereocenters. The average molecular weight is 141 g/mol. The molecule has 1 aliphatic carbocycles. The molecule has 0 saturated heterocycles. The Balaban J connectivity index is 2.07. The molecule has 1 aliphatic rings. The van der Waals surface area contributed by atoms with Crippen LogP contribution in [-0.2, 0) is 9.53 Å². The van der Waals surface area contributed by atoms with E-state index < -0.39 is 0 Å². The molecular weight excluding hydrogens is 128 g/mol. The number of carbonyl (C=O) groups excluding carboxylic acids is 1. The quantitative estimate of drug-likeness (QED) is 0.597. The van der Waals surface area contributed by atoms with Crippen molar-refractivity contribution in [3.05, 3.63) is 0 Å². The second kappa shape index (κ2) is 4.31. The van der Waals surface area contributed by atoms with E-state index in [0.717, 1.165) is 0 Å². The van der Waals surface area contributed by atoms with Crippen molar-refractivity contribution in [1.82, 2.24) is 0 Å². The van der Waals surface area contributed by atoms with Gasteiger partial charge < -0.3 is 4.74 Å². The average Bonchev–Trinajstić information content (AvgIpc) is 2.03. The van der Waals surface area contributed by atoms with Crippen molar-refractivity contribution in [3.63, 3.8) is 0 Å². The van der Waals surface area contributed by atoms with E-state index in [9.17, 15) is 4.79 Å². The highest BCUT2D eigenvalue weighted by molar-refractivity contribution is 5.38. The van der Waals surface area contributed by atoms with Gasteiger partial charge in [-0.05, 0) is 18.8 Å². The highest BCUT2D eigenvalue weighted by atomic mass is 16.5. The molecular formula is C8H13O2. The standard InChI is InChI=1S/C8H13O2/c9-7-10-6-8-4-2-1-3-5-8/h8H,1-6H2. The first kappa shape index (κ1) is 7.58. The molecule has 0 atom stereocenters. The lowest BCUT2D eigenvalue weighted by Gasteiger charge is -2.19. The maximum Gasteiger partial charge on any atom is 0.417 e. The molecule has 0 aromatic rings. The van der Waals surface area contributed by atoms with Crippen LogP contribution in [0.5, 0.6) is 0 Å². The van der Waals surface area contributed by atoms with Gasteiger partial charge in [0.1, 0.15) is 0 Å². The number of ether oxygens (including phenoxy) is 1. The van der Waals surface area contributed by atoms with Crippen molar-refractivity contribution in [3.8, 4) is 0 Å². The minimum Gasteiger partial charge on any atom is -0.457 e. The summed E-state index contributed by atoms with van der Waals surface area (Å²) in [5, 5.41) is 0. The first-order chi connectivity index (χ1) is 4.93. The second-order valence-corrected chi connectivity index (χ2v) is 2.90. The van der Waals surface area contributed by atoms with E-state index in [0.29, 0.717) is 12.5 Å². The van der Waals surface area contributed by atoms with E-state index in [2.05, 4.69) is 4.74 Å². The second-order valence-electron chi connectivity index (χ2n) is 2.90. The molecule has 0 N–H and O–H groups in total. The predicted molar refractivity (Wildman–Crippen MR) is 38.2 cm³/mol. The molecule has 1 saturated carbocycles. The van der Waals surface area contributed by atoms with Gasteiger partial charge in [0.25, 0.3) is 0 Å². The zero-order chi connectivity index (χ0) is 7.23. The largest absolute Gasteiger partial charge is 0.457 e. The summed E-state index contributed by atoms with van der Waals surface area (Å²) in [6.07, 6.45) is 6.39. The molecule has 0 bridgehead atoms. The van der Waals surface area contributed by atoms with E-state index in [1.54, 1.807) is 0 Å². The first-order valence-corrected chi connectivity index (χ1v) is 3.92. The van der Waals surface area contributed by atoms with Crippen LogP contribution < -0.4 is 0 Å². The molecule has 0 aromatic carbocycles. The Labute approximate surface area is 61.6 Å².